The summed E-state index contributed by atoms with van der Waals surface area (Å²) >= 11 is 0. The molecule has 0 bridgehead atoms. The summed E-state index contributed by atoms with van der Waals surface area (Å²) in [7, 11) is 0. The fourth-order valence-electron chi connectivity index (χ4n) is 6.72. The second kappa shape index (κ2) is 8.83. The van der Waals surface area contributed by atoms with Gasteiger partial charge in [0.15, 0.2) is 0 Å². The van der Waals surface area contributed by atoms with Crippen molar-refractivity contribution in [3.8, 4) is 27.9 Å². The minimum absolute atomic E-state index is 0.273. The normalized spacial score (nSPS) is 14.0. The summed E-state index contributed by atoms with van der Waals surface area (Å²) in [5.74, 6) is 0.273. The number of rotatable bonds is 3. The fourth-order valence-corrected chi connectivity index (χ4v) is 6.72. The first-order chi connectivity index (χ1) is 19.7. The van der Waals surface area contributed by atoms with Crippen molar-refractivity contribution in [3.05, 3.63) is 161 Å². The number of aryl methyl sites for hydroxylation is 2. The zero-order chi connectivity index (χ0) is 26.8. The molecule has 40 heavy (non-hydrogen) atoms. The first-order valence-electron chi connectivity index (χ1n) is 14.1. The van der Waals surface area contributed by atoms with Gasteiger partial charge >= 0.3 is 0 Å². The molecule has 1 aromatic heterocycles. The summed E-state index contributed by atoms with van der Waals surface area (Å²) in [5.41, 5.74) is 15.6. The molecule has 0 amide bonds. The van der Waals surface area contributed by atoms with Gasteiger partial charge in [0, 0.05) is 22.4 Å². The molecular weight excluding hydrogens is 482 g/mol. The van der Waals surface area contributed by atoms with Crippen LogP contribution in [0.3, 0.4) is 0 Å². The Bertz CT molecular complexity index is 2060. The summed E-state index contributed by atoms with van der Waals surface area (Å²) < 4.78 is 2.39. The van der Waals surface area contributed by atoms with Crippen molar-refractivity contribution in [1.82, 2.24) is 4.57 Å². The lowest BCUT2D eigenvalue weighted by Gasteiger charge is -2.15. The Morgan fingerprint density at radius 2 is 1.02 bits per heavy atom. The van der Waals surface area contributed by atoms with E-state index < -0.39 is 0 Å². The van der Waals surface area contributed by atoms with Gasteiger partial charge in [0.1, 0.15) is 0 Å². The van der Waals surface area contributed by atoms with Crippen molar-refractivity contribution in [1.29, 1.82) is 0 Å². The predicted molar refractivity (Wildman–Crippen MR) is 169 cm³/mol. The van der Waals surface area contributed by atoms with E-state index in [1.165, 1.54) is 77.6 Å². The average Bonchev–Trinajstić information content (AvgIpc) is 3.49. The SMILES string of the molecule is Cc1ccc2c(c1)-c1cc(-c3ccc4c(c3)c3cc(C)ccc3n4-c3ccccc3)ccc1C2c1ccccc1. The van der Waals surface area contributed by atoms with Crippen LogP contribution >= 0.6 is 0 Å². The van der Waals surface area contributed by atoms with Gasteiger partial charge in [-0.1, -0.05) is 102 Å². The molecule has 1 aliphatic carbocycles. The Morgan fingerprint density at radius 3 is 1.80 bits per heavy atom. The van der Waals surface area contributed by atoms with E-state index in [9.17, 15) is 0 Å². The molecule has 0 spiro atoms. The van der Waals surface area contributed by atoms with E-state index in [-0.39, 0.29) is 5.92 Å². The Hall–Kier alpha value is -4.88. The summed E-state index contributed by atoms with van der Waals surface area (Å²) in [6.07, 6.45) is 0. The van der Waals surface area contributed by atoms with Crippen LogP contribution in [-0.2, 0) is 0 Å². The van der Waals surface area contributed by atoms with Crippen LogP contribution in [0, 0.1) is 13.8 Å². The van der Waals surface area contributed by atoms with Gasteiger partial charge < -0.3 is 4.57 Å². The number of aromatic nitrogens is 1. The molecule has 0 radical (unpaired) electrons. The maximum Gasteiger partial charge on any atom is 0.0541 e. The highest BCUT2D eigenvalue weighted by atomic mass is 15.0. The van der Waals surface area contributed by atoms with E-state index in [4.69, 9.17) is 0 Å². The fraction of sp³-hybridized carbons (Fsp3) is 0.0769. The maximum absolute atomic E-state index is 2.42. The lowest BCUT2D eigenvalue weighted by molar-refractivity contribution is 1.01. The molecule has 0 N–H and O–H groups in total. The highest BCUT2D eigenvalue weighted by molar-refractivity contribution is 6.10. The number of para-hydroxylation sites is 1. The number of fused-ring (bicyclic) bond motifs is 6. The zero-order valence-electron chi connectivity index (χ0n) is 22.7. The third-order valence-corrected chi connectivity index (χ3v) is 8.58. The van der Waals surface area contributed by atoms with E-state index in [2.05, 4.69) is 152 Å². The van der Waals surface area contributed by atoms with Gasteiger partial charge in [-0.2, -0.15) is 0 Å². The van der Waals surface area contributed by atoms with Crippen molar-refractivity contribution < 1.29 is 0 Å². The van der Waals surface area contributed by atoms with Crippen LogP contribution < -0.4 is 0 Å². The minimum Gasteiger partial charge on any atom is -0.309 e. The van der Waals surface area contributed by atoms with Crippen LogP contribution in [0.4, 0.5) is 0 Å². The lowest BCUT2D eigenvalue weighted by atomic mass is 9.88. The predicted octanol–water partition coefficient (Wildman–Crippen LogP) is 10.2. The highest BCUT2D eigenvalue weighted by Gasteiger charge is 2.30. The largest absolute Gasteiger partial charge is 0.309 e. The van der Waals surface area contributed by atoms with Crippen molar-refractivity contribution in [3.63, 3.8) is 0 Å². The number of benzene rings is 6. The zero-order valence-corrected chi connectivity index (χ0v) is 22.7. The van der Waals surface area contributed by atoms with E-state index >= 15 is 0 Å². The summed E-state index contributed by atoms with van der Waals surface area (Å²) in [6, 6.07) is 49.4. The van der Waals surface area contributed by atoms with Gasteiger partial charge in [0.2, 0.25) is 0 Å². The summed E-state index contributed by atoms with van der Waals surface area (Å²) in [6.45, 7) is 4.37. The van der Waals surface area contributed by atoms with E-state index in [1.807, 2.05) is 0 Å². The monoisotopic (exact) mass is 511 g/mol. The van der Waals surface area contributed by atoms with Crippen molar-refractivity contribution in [2.45, 2.75) is 19.8 Å². The van der Waals surface area contributed by atoms with Gasteiger partial charge in [-0.3, -0.25) is 0 Å². The second-order valence-electron chi connectivity index (χ2n) is 11.2. The van der Waals surface area contributed by atoms with Gasteiger partial charge in [-0.05, 0) is 95.3 Å². The smallest absolute Gasteiger partial charge is 0.0541 e. The van der Waals surface area contributed by atoms with Crippen LogP contribution in [-0.4, -0.2) is 4.57 Å². The molecule has 1 heteroatoms. The van der Waals surface area contributed by atoms with E-state index in [1.54, 1.807) is 0 Å². The van der Waals surface area contributed by atoms with E-state index in [0.29, 0.717) is 0 Å². The van der Waals surface area contributed by atoms with Gasteiger partial charge in [0.25, 0.3) is 0 Å². The number of hydrogen-bond donors (Lipinski definition) is 0. The maximum atomic E-state index is 2.42. The number of hydrogen-bond acceptors (Lipinski definition) is 0. The first kappa shape index (κ1) is 23.0. The molecule has 0 saturated carbocycles. The Labute approximate surface area is 235 Å². The Balaban J connectivity index is 1.33. The highest BCUT2D eigenvalue weighted by Crippen LogP contribution is 2.49. The third kappa shape index (κ3) is 3.48. The van der Waals surface area contributed by atoms with Crippen molar-refractivity contribution in [2.24, 2.45) is 0 Å². The molecule has 8 rings (SSSR count). The first-order valence-corrected chi connectivity index (χ1v) is 14.1. The molecule has 1 nitrogen and oxygen atoms in total. The number of nitrogens with zero attached hydrogens (tertiary/aromatic N) is 1. The quantitative estimate of drug-likeness (QED) is 0.222. The van der Waals surface area contributed by atoms with Crippen LogP contribution in [0.25, 0.3) is 49.7 Å². The molecule has 0 fully saturated rings. The molecule has 1 aliphatic rings. The molecular formula is C39H29N. The minimum atomic E-state index is 0.273. The molecule has 6 aromatic carbocycles. The van der Waals surface area contributed by atoms with Crippen molar-refractivity contribution >= 4 is 21.8 Å². The standard InChI is InChI=1S/C39H29N/c1-25-13-17-31-33(21-25)34-23-28(15-18-32(34)39(31)27-9-5-3-6-10-27)29-16-20-38-36(24-29)35-22-26(2)14-19-37(35)40(38)30-11-7-4-8-12-30/h3-24,39H,1-2H3. The molecule has 7 aromatic rings. The van der Waals surface area contributed by atoms with Crippen molar-refractivity contribution in [2.75, 3.05) is 0 Å². The van der Waals surface area contributed by atoms with E-state index in [0.717, 1.165) is 0 Å². The second-order valence-corrected chi connectivity index (χ2v) is 11.2. The summed E-state index contributed by atoms with van der Waals surface area (Å²) in [4.78, 5) is 0. The van der Waals surface area contributed by atoms with Crippen LogP contribution in [0.1, 0.15) is 33.7 Å². The summed E-state index contributed by atoms with van der Waals surface area (Å²) in [5, 5.41) is 2.59. The Kier molecular flexibility index (Phi) is 5.09. The van der Waals surface area contributed by atoms with Gasteiger partial charge in [-0.15, -0.1) is 0 Å². The molecule has 0 aliphatic heterocycles. The molecule has 0 saturated heterocycles. The average molecular weight is 512 g/mol. The molecule has 1 unspecified atom stereocenters. The molecule has 190 valence electrons. The topological polar surface area (TPSA) is 4.93 Å². The van der Waals surface area contributed by atoms with Gasteiger partial charge in [-0.25, -0.2) is 0 Å². The third-order valence-electron chi connectivity index (χ3n) is 8.58. The van der Waals surface area contributed by atoms with Crippen LogP contribution in [0.2, 0.25) is 0 Å². The lowest BCUT2D eigenvalue weighted by Crippen LogP contribution is -1.98. The van der Waals surface area contributed by atoms with Crippen LogP contribution in [0.15, 0.2) is 133 Å². The van der Waals surface area contributed by atoms with Gasteiger partial charge in [0.05, 0.1) is 11.0 Å². The Morgan fingerprint density at radius 1 is 0.475 bits per heavy atom. The van der Waals surface area contributed by atoms with Crippen LogP contribution in [0.5, 0.6) is 0 Å². The molecule has 1 atom stereocenters. The molecule has 1 heterocycles.